The molecule has 1 aromatic rings. The van der Waals surface area contributed by atoms with Crippen molar-refractivity contribution >= 4 is 17.8 Å². The Labute approximate surface area is 140 Å². The predicted octanol–water partition coefficient (Wildman–Crippen LogP) is 0.595. The molecule has 0 spiro atoms. The molecule has 24 heavy (non-hydrogen) atoms. The first kappa shape index (κ1) is 17.9. The molecule has 1 aromatic carbocycles. The number of morpholine rings is 1. The minimum Gasteiger partial charge on any atom is -0.454 e. The molecule has 0 unspecified atom stereocenters. The Morgan fingerprint density at radius 2 is 1.79 bits per heavy atom. The van der Waals surface area contributed by atoms with Crippen LogP contribution in [-0.2, 0) is 19.1 Å². The molecule has 1 aliphatic rings. The molecule has 0 bridgehead atoms. The van der Waals surface area contributed by atoms with E-state index >= 15 is 0 Å². The summed E-state index contributed by atoms with van der Waals surface area (Å²) in [7, 11) is 0. The van der Waals surface area contributed by atoms with Gasteiger partial charge in [0.05, 0.1) is 12.2 Å². The first-order valence-corrected chi connectivity index (χ1v) is 7.88. The Morgan fingerprint density at radius 1 is 1.17 bits per heavy atom. The van der Waals surface area contributed by atoms with E-state index in [2.05, 4.69) is 5.32 Å². The number of carbonyl (C=O) groups excluding carboxylic acids is 3. The number of hydrogen-bond acceptors (Lipinski definition) is 5. The Balaban J connectivity index is 1.71. The smallest absolute Gasteiger partial charge is 0.325 e. The maximum absolute atomic E-state index is 12.1. The van der Waals surface area contributed by atoms with E-state index in [-0.39, 0.29) is 37.2 Å². The lowest BCUT2D eigenvalue weighted by Crippen LogP contribution is -2.49. The summed E-state index contributed by atoms with van der Waals surface area (Å²) in [5, 5.41) is 2.46. The van der Waals surface area contributed by atoms with Crippen molar-refractivity contribution in [3.05, 3.63) is 35.9 Å². The normalized spacial score (nSPS) is 20.3. The van der Waals surface area contributed by atoms with Gasteiger partial charge in [-0.15, -0.1) is 0 Å². The van der Waals surface area contributed by atoms with Gasteiger partial charge in [-0.05, 0) is 26.0 Å². The quantitative estimate of drug-likeness (QED) is 0.797. The van der Waals surface area contributed by atoms with Crippen molar-refractivity contribution in [2.45, 2.75) is 26.1 Å². The van der Waals surface area contributed by atoms with E-state index < -0.39 is 5.97 Å². The van der Waals surface area contributed by atoms with Gasteiger partial charge in [-0.3, -0.25) is 14.4 Å². The number of hydrogen-bond donors (Lipinski definition) is 1. The van der Waals surface area contributed by atoms with Crippen LogP contribution in [0.4, 0.5) is 0 Å². The van der Waals surface area contributed by atoms with E-state index in [4.69, 9.17) is 9.47 Å². The Morgan fingerprint density at radius 3 is 2.42 bits per heavy atom. The van der Waals surface area contributed by atoms with Crippen LogP contribution in [0.25, 0.3) is 0 Å². The number of nitrogens with zero attached hydrogens (tertiary/aromatic N) is 1. The summed E-state index contributed by atoms with van der Waals surface area (Å²) >= 11 is 0. The topological polar surface area (TPSA) is 84.9 Å². The number of nitrogens with one attached hydrogen (secondary N) is 1. The maximum atomic E-state index is 12.1. The number of amides is 2. The highest BCUT2D eigenvalue weighted by Gasteiger charge is 2.26. The van der Waals surface area contributed by atoms with Gasteiger partial charge >= 0.3 is 5.97 Å². The van der Waals surface area contributed by atoms with Gasteiger partial charge in [0.15, 0.2) is 6.61 Å². The van der Waals surface area contributed by atoms with Gasteiger partial charge in [0.25, 0.3) is 11.8 Å². The monoisotopic (exact) mass is 334 g/mol. The van der Waals surface area contributed by atoms with Gasteiger partial charge < -0.3 is 19.7 Å². The molecule has 1 heterocycles. The van der Waals surface area contributed by atoms with Crippen LogP contribution in [0.3, 0.4) is 0 Å². The third kappa shape index (κ3) is 5.34. The van der Waals surface area contributed by atoms with Crippen LogP contribution in [0, 0.1) is 0 Å². The lowest BCUT2D eigenvalue weighted by Gasteiger charge is -2.35. The van der Waals surface area contributed by atoms with E-state index in [0.717, 1.165) is 0 Å². The molecular weight excluding hydrogens is 312 g/mol. The summed E-state index contributed by atoms with van der Waals surface area (Å²) < 4.78 is 10.5. The molecule has 0 saturated carbocycles. The molecule has 2 rings (SSSR count). The third-order valence-corrected chi connectivity index (χ3v) is 3.56. The molecule has 2 amide bonds. The minimum absolute atomic E-state index is 0.0430. The lowest BCUT2D eigenvalue weighted by atomic mass is 10.2. The first-order valence-electron chi connectivity index (χ1n) is 7.88. The van der Waals surface area contributed by atoms with Gasteiger partial charge in [0.2, 0.25) is 0 Å². The average molecular weight is 334 g/mol. The molecule has 1 fully saturated rings. The van der Waals surface area contributed by atoms with Crippen molar-refractivity contribution in [3.63, 3.8) is 0 Å². The second kappa shape index (κ2) is 8.44. The van der Waals surface area contributed by atoms with Crippen molar-refractivity contribution in [1.82, 2.24) is 10.2 Å². The zero-order chi connectivity index (χ0) is 17.5. The molecule has 1 aliphatic heterocycles. The van der Waals surface area contributed by atoms with E-state index in [1.807, 2.05) is 13.8 Å². The number of ether oxygens (including phenoxy) is 2. The fourth-order valence-corrected chi connectivity index (χ4v) is 2.51. The van der Waals surface area contributed by atoms with Crippen LogP contribution >= 0.6 is 0 Å². The van der Waals surface area contributed by atoms with E-state index in [9.17, 15) is 14.4 Å². The molecular formula is C17H22N2O5. The molecule has 0 aliphatic carbocycles. The van der Waals surface area contributed by atoms with E-state index in [1.54, 1.807) is 35.2 Å². The maximum Gasteiger partial charge on any atom is 0.325 e. The van der Waals surface area contributed by atoms with Gasteiger partial charge in [-0.1, -0.05) is 18.2 Å². The molecule has 0 radical (unpaired) electrons. The largest absolute Gasteiger partial charge is 0.454 e. The summed E-state index contributed by atoms with van der Waals surface area (Å²) in [6.07, 6.45) is -0.0860. The number of rotatable bonds is 5. The summed E-state index contributed by atoms with van der Waals surface area (Å²) in [6.45, 7) is 4.12. The summed E-state index contributed by atoms with van der Waals surface area (Å²) in [5.41, 5.74) is 0.456. The second-order valence-electron chi connectivity index (χ2n) is 5.77. The highest BCUT2D eigenvalue weighted by atomic mass is 16.5. The zero-order valence-corrected chi connectivity index (χ0v) is 13.9. The van der Waals surface area contributed by atoms with Crippen molar-refractivity contribution in [3.8, 4) is 0 Å². The molecule has 0 aromatic heterocycles. The predicted molar refractivity (Wildman–Crippen MR) is 86.3 cm³/mol. The van der Waals surface area contributed by atoms with Crippen LogP contribution in [0.2, 0.25) is 0 Å². The number of carbonyl (C=O) groups is 3. The highest BCUT2D eigenvalue weighted by Crippen LogP contribution is 2.10. The molecule has 1 saturated heterocycles. The van der Waals surface area contributed by atoms with Crippen LogP contribution in [0.15, 0.2) is 30.3 Å². The molecule has 7 heteroatoms. The average Bonchev–Trinajstić information content (AvgIpc) is 2.57. The number of esters is 1. The van der Waals surface area contributed by atoms with Gasteiger partial charge in [0, 0.05) is 18.7 Å². The van der Waals surface area contributed by atoms with Crippen LogP contribution < -0.4 is 5.32 Å². The fraction of sp³-hybridized carbons (Fsp3) is 0.471. The van der Waals surface area contributed by atoms with Crippen molar-refractivity contribution < 1.29 is 23.9 Å². The van der Waals surface area contributed by atoms with Crippen molar-refractivity contribution in [2.75, 3.05) is 26.2 Å². The van der Waals surface area contributed by atoms with Crippen LogP contribution in [0.5, 0.6) is 0 Å². The van der Waals surface area contributed by atoms with Crippen LogP contribution in [0.1, 0.15) is 24.2 Å². The summed E-state index contributed by atoms with van der Waals surface area (Å²) in [5.74, 6) is -1.28. The standard InChI is InChI=1S/C17H22N2O5/c1-12-9-19(10-13(2)24-12)15(20)11-23-16(21)8-18-17(22)14-6-4-3-5-7-14/h3-7,12-13H,8-11H2,1-2H3,(H,18,22)/t12-,13-/m1/s1. The van der Waals surface area contributed by atoms with Gasteiger partial charge in [-0.25, -0.2) is 0 Å². The fourth-order valence-electron chi connectivity index (χ4n) is 2.51. The van der Waals surface area contributed by atoms with E-state index in [0.29, 0.717) is 18.7 Å². The molecule has 1 N–H and O–H groups in total. The molecule has 7 nitrogen and oxygen atoms in total. The third-order valence-electron chi connectivity index (χ3n) is 3.56. The van der Waals surface area contributed by atoms with Gasteiger partial charge in [0.1, 0.15) is 6.54 Å². The number of benzene rings is 1. The zero-order valence-electron chi connectivity index (χ0n) is 13.9. The Kier molecular flexibility index (Phi) is 6.31. The highest BCUT2D eigenvalue weighted by molar-refractivity contribution is 5.96. The summed E-state index contributed by atoms with van der Waals surface area (Å²) in [6, 6.07) is 8.55. The second-order valence-corrected chi connectivity index (χ2v) is 5.77. The molecule has 2 atom stereocenters. The first-order chi connectivity index (χ1) is 11.5. The summed E-state index contributed by atoms with van der Waals surface area (Å²) in [4.78, 5) is 37.1. The van der Waals surface area contributed by atoms with Crippen LogP contribution in [-0.4, -0.2) is 61.1 Å². The Bertz CT molecular complexity index is 580. The van der Waals surface area contributed by atoms with E-state index in [1.165, 1.54) is 0 Å². The minimum atomic E-state index is -0.651. The van der Waals surface area contributed by atoms with Crippen molar-refractivity contribution in [2.24, 2.45) is 0 Å². The van der Waals surface area contributed by atoms with Gasteiger partial charge in [-0.2, -0.15) is 0 Å². The van der Waals surface area contributed by atoms with Crippen molar-refractivity contribution in [1.29, 1.82) is 0 Å². The SMILES string of the molecule is C[C@@H]1CN(C(=O)COC(=O)CNC(=O)c2ccccc2)C[C@@H](C)O1. The lowest BCUT2D eigenvalue weighted by molar-refractivity contribution is -0.156. The Hall–Kier alpha value is -2.41. The molecule has 130 valence electrons.